The molecule has 0 aliphatic heterocycles. The van der Waals surface area contributed by atoms with Gasteiger partial charge in [0.2, 0.25) is 0 Å². The van der Waals surface area contributed by atoms with Crippen LogP contribution in [0, 0.1) is 6.92 Å². The predicted octanol–water partition coefficient (Wildman–Crippen LogP) is 6.62. The molecule has 0 spiro atoms. The van der Waals surface area contributed by atoms with Gasteiger partial charge in [0.1, 0.15) is 0 Å². The van der Waals surface area contributed by atoms with E-state index in [4.69, 9.17) is 11.6 Å². The molecule has 4 aromatic rings. The van der Waals surface area contributed by atoms with E-state index in [9.17, 15) is 4.79 Å². The number of aryl methyl sites for hydroxylation is 1. The van der Waals surface area contributed by atoms with Crippen LogP contribution in [0.25, 0.3) is 11.1 Å². The number of amides is 1. The number of benzene rings is 3. The average molecular weight is 442 g/mol. The first kappa shape index (κ1) is 21.6. The summed E-state index contributed by atoms with van der Waals surface area (Å²) in [6, 6.07) is 27.0. The van der Waals surface area contributed by atoms with E-state index in [1.165, 1.54) is 0 Å². The van der Waals surface area contributed by atoms with Crippen LogP contribution in [0.15, 0.2) is 91.1 Å². The molecule has 0 atom stereocenters. The van der Waals surface area contributed by atoms with Crippen molar-refractivity contribution in [2.75, 3.05) is 17.2 Å². The largest absolute Gasteiger partial charge is 0.385 e. The van der Waals surface area contributed by atoms with Gasteiger partial charge < -0.3 is 10.6 Å². The number of hydrogen-bond acceptors (Lipinski definition) is 3. The summed E-state index contributed by atoms with van der Waals surface area (Å²) in [7, 11) is 0. The summed E-state index contributed by atoms with van der Waals surface area (Å²) in [4.78, 5) is 17.4. The molecular formula is C27H24ClN3O. The Bertz CT molecular complexity index is 1190. The molecule has 1 amide bonds. The van der Waals surface area contributed by atoms with Crippen molar-refractivity contribution in [3.63, 3.8) is 0 Å². The Morgan fingerprint density at radius 1 is 0.906 bits per heavy atom. The van der Waals surface area contributed by atoms with Gasteiger partial charge in [0, 0.05) is 46.8 Å². The average Bonchev–Trinajstić information content (AvgIpc) is 2.81. The number of anilines is 2. The number of halogens is 1. The molecule has 3 aromatic carbocycles. The van der Waals surface area contributed by atoms with E-state index in [0.717, 1.165) is 46.7 Å². The maximum absolute atomic E-state index is 13.0. The molecule has 0 unspecified atom stereocenters. The number of carbonyl (C=O) groups is 1. The fraction of sp³-hybridized carbons (Fsp3) is 0.111. The van der Waals surface area contributed by atoms with Gasteiger partial charge in [-0.1, -0.05) is 47.5 Å². The Labute approximate surface area is 193 Å². The summed E-state index contributed by atoms with van der Waals surface area (Å²) in [5.74, 6) is -0.173. The van der Waals surface area contributed by atoms with Gasteiger partial charge in [-0.2, -0.15) is 0 Å². The van der Waals surface area contributed by atoms with Gasteiger partial charge >= 0.3 is 0 Å². The zero-order valence-electron chi connectivity index (χ0n) is 17.8. The lowest BCUT2D eigenvalue weighted by Gasteiger charge is -2.12. The number of rotatable bonds is 7. The third-order valence-electron chi connectivity index (χ3n) is 5.17. The van der Waals surface area contributed by atoms with E-state index in [1.54, 1.807) is 18.3 Å². The van der Waals surface area contributed by atoms with Gasteiger partial charge in [0.05, 0.1) is 0 Å². The molecule has 0 saturated carbocycles. The van der Waals surface area contributed by atoms with Gasteiger partial charge in [-0.15, -0.1) is 0 Å². The summed E-state index contributed by atoms with van der Waals surface area (Å²) in [6.07, 6.45) is 2.65. The Balaban J connectivity index is 1.42. The molecule has 4 rings (SSSR count). The van der Waals surface area contributed by atoms with Gasteiger partial charge in [0.15, 0.2) is 0 Å². The maximum atomic E-state index is 13.0. The third-order valence-corrected chi connectivity index (χ3v) is 5.40. The van der Waals surface area contributed by atoms with Crippen LogP contribution in [0.1, 0.15) is 21.6 Å². The lowest BCUT2D eigenvalue weighted by atomic mass is 9.98. The standard InChI is InChI=1S/C27H24ClN3O/c1-19-5-7-20(8-6-19)26-18-21(28)9-14-25(26)27(32)31-24-12-10-23(11-13-24)30-17-15-22-4-2-3-16-29-22/h2-14,16,18,30H,15,17H2,1H3,(H,31,32). The molecule has 0 fully saturated rings. The summed E-state index contributed by atoms with van der Waals surface area (Å²) in [5.41, 5.74) is 6.28. The smallest absolute Gasteiger partial charge is 0.256 e. The number of nitrogens with one attached hydrogen (secondary N) is 2. The molecule has 4 nitrogen and oxygen atoms in total. The number of aromatic nitrogens is 1. The van der Waals surface area contributed by atoms with E-state index < -0.39 is 0 Å². The Kier molecular flexibility index (Phi) is 6.83. The zero-order valence-corrected chi connectivity index (χ0v) is 18.6. The lowest BCUT2D eigenvalue weighted by molar-refractivity contribution is 0.102. The monoisotopic (exact) mass is 441 g/mol. The van der Waals surface area contributed by atoms with Crippen LogP contribution in [0.5, 0.6) is 0 Å². The second kappa shape index (κ2) is 10.1. The summed E-state index contributed by atoms with van der Waals surface area (Å²) in [5, 5.41) is 6.96. The van der Waals surface area contributed by atoms with E-state index in [0.29, 0.717) is 10.6 Å². The second-order valence-electron chi connectivity index (χ2n) is 7.59. The minimum atomic E-state index is -0.173. The van der Waals surface area contributed by atoms with Crippen molar-refractivity contribution in [1.82, 2.24) is 4.98 Å². The van der Waals surface area contributed by atoms with Crippen LogP contribution < -0.4 is 10.6 Å². The highest BCUT2D eigenvalue weighted by molar-refractivity contribution is 6.31. The Morgan fingerprint density at radius 2 is 1.66 bits per heavy atom. The molecule has 160 valence electrons. The molecule has 0 bridgehead atoms. The van der Waals surface area contributed by atoms with Crippen molar-refractivity contribution in [1.29, 1.82) is 0 Å². The fourth-order valence-corrected chi connectivity index (χ4v) is 3.61. The van der Waals surface area contributed by atoms with Crippen molar-refractivity contribution in [2.24, 2.45) is 0 Å². The van der Waals surface area contributed by atoms with Crippen LogP contribution in [0.4, 0.5) is 11.4 Å². The minimum Gasteiger partial charge on any atom is -0.385 e. The second-order valence-corrected chi connectivity index (χ2v) is 8.02. The zero-order chi connectivity index (χ0) is 22.3. The first-order valence-corrected chi connectivity index (χ1v) is 10.9. The van der Waals surface area contributed by atoms with E-state index in [-0.39, 0.29) is 5.91 Å². The van der Waals surface area contributed by atoms with Crippen molar-refractivity contribution in [3.05, 3.63) is 113 Å². The van der Waals surface area contributed by atoms with Crippen molar-refractivity contribution < 1.29 is 4.79 Å². The Hall–Kier alpha value is -3.63. The predicted molar refractivity (Wildman–Crippen MR) is 132 cm³/mol. The van der Waals surface area contributed by atoms with Gasteiger partial charge in [-0.05, 0) is 72.6 Å². The molecule has 0 saturated heterocycles. The molecule has 5 heteroatoms. The number of nitrogens with zero attached hydrogens (tertiary/aromatic N) is 1. The molecule has 2 N–H and O–H groups in total. The van der Waals surface area contributed by atoms with Crippen LogP contribution in [0.3, 0.4) is 0 Å². The quantitative estimate of drug-likeness (QED) is 0.339. The normalized spacial score (nSPS) is 10.6. The highest BCUT2D eigenvalue weighted by Gasteiger charge is 2.14. The number of hydrogen-bond donors (Lipinski definition) is 2. The van der Waals surface area contributed by atoms with E-state index >= 15 is 0 Å². The summed E-state index contributed by atoms with van der Waals surface area (Å²) in [6.45, 7) is 2.82. The number of pyridine rings is 1. The van der Waals surface area contributed by atoms with Crippen LogP contribution in [-0.4, -0.2) is 17.4 Å². The highest BCUT2D eigenvalue weighted by atomic mass is 35.5. The van der Waals surface area contributed by atoms with Gasteiger partial charge in [-0.25, -0.2) is 0 Å². The molecule has 0 radical (unpaired) electrons. The Morgan fingerprint density at radius 3 is 2.38 bits per heavy atom. The van der Waals surface area contributed by atoms with Crippen LogP contribution >= 0.6 is 11.6 Å². The molecule has 0 aliphatic carbocycles. The summed E-state index contributed by atoms with van der Waals surface area (Å²) >= 11 is 6.22. The highest BCUT2D eigenvalue weighted by Crippen LogP contribution is 2.28. The van der Waals surface area contributed by atoms with Gasteiger partial charge in [-0.3, -0.25) is 9.78 Å². The molecule has 1 aromatic heterocycles. The van der Waals surface area contributed by atoms with Crippen LogP contribution in [0.2, 0.25) is 5.02 Å². The molecule has 0 aliphatic rings. The van der Waals surface area contributed by atoms with E-state index in [2.05, 4.69) is 15.6 Å². The number of carbonyl (C=O) groups excluding carboxylic acids is 1. The molecule has 1 heterocycles. The molecule has 32 heavy (non-hydrogen) atoms. The van der Waals surface area contributed by atoms with E-state index in [1.807, 2.05) is 79.7 Å². The first-order valence-electron chi connectivity index (χ1n) is 10.5. The van der Waals surface area contributed by atoms with Crippen molar-refractivity contribution >= 4 is 28.9 Å². The SMILES string of the molecule is Cc1ccc(-c2cc(Cl)ccc2C(=O)Nc2ccc(NCCc3ccccn3)cc2)cc1. The minimum absolute atomic E-state index is 0.173. The lowest BCUT2D eigenvalue weighted by Crippen LogP contribution is -2.13. The topological polar surface area (TPSA) is 54.0 Å². The van der Waals surface area contributed by atoms with Crippen molar-refractivity contribution in [3.8, 4) is 11.1 Å². The van der Waals surface area contributed by atoms with Crippen LogP contribution in [-0.2, 0) is 6.42 Å². The molecular weight excluding hydrogens is 418 g/mol. The third kappa shape index (κ3) is 5.54. The maximum Gasteiger partial charge on any atom is 0.256 e. The fourth-order valence-electron chi connectivity index (χ4n) is 3.44. The van der Waals surface area contributed by atoms with Gasteiger partial charge in [0.25, 0.3) is 5.91 Å². The summed E-state index contributed by atoms with van der Waals surface area (Å²) < 4.78 is 0. The first-order chi connectivity index (χ1) is 15.6. The van der Waals surface area contributed by atoms with Crippen molar-refractivity contribution in [2.45, 2.75) is 13.3 Å².